The number of hydrogen-bond acceptors (Lipinski definition) is 6. The van der Waals surface area contributed by atoms with Gasteiger partial charge >= 0.3 is 6.03 Å². The van der Waals surface area contributed by atoms with Gasteiger partial charge in [0.25, 0.3) is 10.0 Å². The van der Waals surface area contributed by atoms with E-state index in [0.29, 0.717) is 29.0 Å². The predicted octanol–water partition coefficient (Wildman–Crippen LogP) is 2.48. The molecule has 8 nitrogen and oxygen atoms in total. The fraction of sp³-hybridized carbons (Fsp3) is 0.727. The van der Waals surface area contributed by atoms with E-state index < -0.39 is 10.0 Å². The summed E-state index contributed by atoms with van der Waals surface area (Å²) in [5, 5.41) is 8.23. The lowest BCUT2D eigenvalue weighted by Crippen LogP contribution is -2.44. The van der Waals surface area contributed by atoms with Gasteiger partial charge < -0.3 is 15.5 Å². The van der Waals surface area contributed by atoms with E-state index >= 15 is 0 Å². The van der Waals surface area contributed by atoms with Crippen LogP contribution in [0.15, 0.2) is 21.7 Å². The molecule has 4 saturated heterocycles. The highest BCUT2D eigenvalue weighted by molar-refractivity contribution is 8.00. The zero-order valence-electron chi connectivity index (χ0n) is 18.7. The molecule has 0 aliphatic carbocycles. The number of hydrogen-bond donors (Lipinski definition) is 2. The van der Waals surface area contributed by atoms with E-state index in [9.17, 15) is 18.0 Å². The van der Waals surface area contributed by atoms with Gasteiger partial charge in [-0.2, -0.15) is 16.1 Å². The number of nitrogens with zero attached hydrogens (tertiary/aromatic N) is 2. The molecule has 0 saturated carbocycles. The van der Waals surface area contributed by atoms with Gasteiger partial charge in [-0.25, -0.2) is 13.2 Å². The number of thiophene rings is 1. The summed E-state index contributed by atoms with van der Waals surface area (Å²) in [6.07, 6.45) is 6.10. The van der Waals surface area contributed by atoms with E-state index in [4.69, 9.17) is 0 Å². The predicted molar refractivity (Wildman–Crippen MR) is 130 cm³/mol. The van der Waals surface area contributed by atoms with Crippen molar-refractivity contribution in [1.82, 2.24) is 19.8 Å². The first-order chi connectivity index (χ1) is 15.9. The molecule has 1 spiro atoms. The number of piperidine rings is 1. The summed E-state index contributed by atoms with van der Waals surface area (Å²) >= 11 is 3.19. The number of likely N-dealkylation sites (tertiary alicyclic amines) is 1. The van der Waals surface area contributed by atoms with Crippen molar-refractivity contribution < 1.29 is 18.0 Å². The average molecular weight is 513 g/mol. The standard InChI is InChI=1S/C22H32N4O4S3/c27-18(5-2-1-4-17-20-16(14-32-17)23-21(28)24-20)25-10-7-22(15-25)8-11-26(12-9-22)33(29,30)19-6-3-13-31-19/h3,6,13,16-17,20H,1-2,4-5,7-12,14-15H2,(H2,23,24,28). The van der Waals surface area contributed by atoms with Gasteiger partial charge in [-0.1, -0.05) is 12.5 Å². The van der Waals surface area contributed by atoms with Crippen LogP contribution in [0.3, 0.4) is 0 Å². The van der Waals surface area contributed by atoms with Crippen LogP contribution in [0.2, 0.25) is 0 Å². The van der Waals surface area contributed by atoms with Crippen molar-refractivity contribution in [2.75, 3.05) is 31.9 Å². The Morgan fingerprint density at radius 3 is 2.70 bits per heavy atom. The van der Waals surface area contributed by atoms with Gasteiger partial charge in [0.15, 0.2) is 0 Å². The lowest BCUT2D eigenvalue weighted by Gasteiger charge is -2.38. The Morgan fingerprint density at radius 1 is 1.15 bits per heavy atom. The van der Waals surface area contributed by atoms with Gasteiger partial charge in [-0.05, 0) is 49.0 Å². The molecule has 33 heavy (non-hydrogen) atoms. The van der Waals surface area contributed by atoms with Crippen LogP contribution in [-0.4, -0.2) is 78.8 Å². The molecule has 4 aliphatic heterocycles. The molecule has 1 aromatic heterocycles. The van der Waals surface area contributed by atoms with Crippen LogP contribution < -0.4 is 10.6 Å². The SMILES string of the molecule is O=C1NC2CSC(CCCCC(=O)N3CCC4(CCN(S(=O)(=O)c5cccs5)CC4)C3)C2N1. The zero-order chi connectivity index (χ0) is 23.1. The van der Waals surface area contributed by atoms with Gasteiger partial charge in [-0.15, -0.1) is 11.3 Å². The Hall–Kier alpha value is -1.30. The van der Waals surface area contributed by atoms with Crippen LogP contribution in [0, 0.1) is 5.41 Å². The van der Waals surface area contributed by atoms with Crippen LogP contribution in [0.4, 0.5) is 4.79 Å². The topological polar surface area (TPSA) is 98.8 Å². The second kappa shape index (κ2) is 9.39. The number of amides is 3. The molecule has 3 unspecified atom stereocenters. The molecule has 11 heteroatoms. The third-order valence-corrected chi connectivity index (χ3v) is 12.5. The minimum Gasteiger partial charge on any atom is -0.342 e. The molecule has 4 fully saturated rings. The summed E-state index contributed by atoms with van der Waals surface area (Å²) in [4.78, 5) is 26.3. The number of carbonyl (C=O) groups excluding carboxylic acids is 2. The maximum Gasteiger partial charge on any atom is 0.315 e. The molecule has 0 bridgehead atoms. The van der Waals surface area contributed by atoms with Crippen molar-refractivity contribution in [2.24, 2.45) is 5.41 Å². The molecule has 0 radical (unpaired) electrons. The Labute approximate surface area is 203 Å². The molecule has 5 rings (SSSR count). The largest absolute Gasteiger partial charge is 0.342 e. The first-order valence-corrected chi connectivity index (χ1v) is 15.2. The van der Waals surface area contributed by atoms with E-state index in [1.54, 1.807) is 21.8 Å². The molecule has 2 N–H and O–H groups in total. The lowest BCUT2D eigenvalue weighted by atomic mass is 9.78. The maximum absolute atomic E-state index is 12.8. The summed E-state index contributed by atoms with van der Waals surface area (Å²) in [6, 6.07) is 3.87. The minimum atomic E-state index is -3.38. The summed E-state index contributed by atoms with van der Waals surface area (Å²) in [5.74, 6) is 1.20. The monoisotopic (exact) mass is 512 g/mol. The van der Waals surface area contributed by atoms with E-state index in [1.165, 1.54) is 11.3 Å². The summed E-state index contributed by atoms with van der Waals surface area (Å²) < 4.78 is 27.6. The minimum absolute atomic E-state index is 0.0524. The number of fused-ring (bicyclic) bond motifs is 1. The summed E-state index contributed by atoms with van der Waals surface area (Å²) in [7, 11) is -3.38. The van der Waals surface area contributed by atoms with Crippen LogP contribution in [-0.2, 0) is 14.8 Å². The molecule has 3 atom stereocenters. The highest BCUT2D eigenvalue weighted by Gasteiger charge is 2.44. The quantitative estimate of drug-likeness (QED) is 0.432. The summed E-state index contributed by atoms with van der Waals surface area (Å²) in [5.41, 5.74) is 0.0698. The Kier molecular flexibility index (Phi) is 6.67. The first-order valence-electron chi connectivity index (χ1n) is 11.9. The Bertz CT molecular complexity index is 976. The van der Waals surface area contributed by atoms with Crippen molar-refractivity contribution in [3.8, 4) is 0 Å². The van der Waals surface area contributed by atoms with Gasteiger partial charge in [0.05, 0.1) is 12.1 Å². The molecular formula is C22H32N4O4S3. The molecular weight excluding hydrogens is 480 g/mol. The lowest BCUT2D eigenvalue weighted by molar-refractivity contribution is -0.130. The van der Waals surface area contributed by atoms with Crippen molar-refractivity contribution in [3.05, 3.63) is 17.5 Å². The molecule has 4 aliphatic rings. The van der Waals surface area contributed by atoms with Gasteiger partial charge in [-0.3, -0.25) is 4.79 Å². The van der Waals surface area contributed by atoms with Gasteiger partial charge in [0.2, 0.25) is 5.91 Å². The number of thioether (sulfide) groups is 1. The van der Waals surface area contributed by atoms with Crippen molar-refractivity contribution in [1.29, 1.82) is 0 Å². The highest BCUT2D eigenvalue weighted by Crippen LogP contribution is 2.42. The van der Waals surface area contributed by atoms with Crippen LogP contribution in [0.25, 0.3) is 0 Å². The number of carbonyl (C=O) groups is 2. The number of urea groups is 1. The third kappa shape index (κ3) is 4.78. The van der Waals surface area contributed by atoms with Crippen molar-refractivity contribution >= 4 is 45.1 Å². The number of nitrogens with one attached hydrogen (secondary N) is 2. The van der Waals surface area contributed by atoms with Gasteiger partial charge in [0.1, 0.15) is 4.21 Å². The number of rotatable bonds is 7. The Morgan fingerprint density at radius 2 is 1.94 bits per heavy atom. The van der Waals surface area contributed by atoms with Crippen LogP contribution in [0.1, 0.15) is 44.9 Å². The average Bonchev–Trinajstić information content (AvgIpc) is 3.57. The first kappa shape index (κ1) is 23.4. The van der Waals surface area contributed by atoms with Crippen LogP contribution >= 0.6 is 23.1 Å². The van der Waals surface area contributed by atoms with Crippen molar-refractivity contribution in [2.45, 2.75) is 66.5 Å². The smallest absolute Gasteiger partial charge is 0.315 e. The van der Waals surface area contributed by atoms with Crippen molar-refractivity contribution in [3.63, 3.8) is 0 Å². The van der Waals surface area contributed by atoms with E-state index in [1.807, 2.05) is 16.7 Å². The molecule has 5 heterocycles. The van der Waals surface area contributed by atoms with Crippen LogP contribution in [0.5, 0.6) is 0 Å². The second-order valence-electron chi connectivity index (χ2n) is 9.77. The fourth-order valence-electron chi connectivity index (χ4n) is 5.72. The number of sulfonamides is 1. The molecule has 182 valence electrons. The highest BCUT2D eigenvalue weighted by atomic mass is 32.2. The molecule has 1 aromatic rings. The molecule has 3 amide bonds. The zero-order valence-corrected chi connectivity index (χ0v) is 21.2. The normalized spacial score (nSPS) is 29.3. The Balaban J connectivity index is 1.04. The maximum atomic E-state index is 12.8. The van der Waals surface area contributed by atoms with E-state index in [-0.39, 0.29) is 29.4 Å². The second-order valence-corrected chi connectivity index (χ2v) is 14.2. The summed E-state index contributed by atoms with van der Waals surface area (Å²) in [6.45, 7) is 2.62. The molecule has 0 aromatic carbocycles. The fourth-order valence-corrected chi connectivity index (χ4v) is 9.85. The number of unbranched alkanes of at least 4 members (excludes halogenated alkanes) is 1. The third-order valence-electron chi connectivity index (χ3n) is 7.73. The van der Waals surface area contributed by atoms with Gasteiger partial charge in [0, 0.05) is 43.6 Å². The van der Waals surface area contributed by atoms with E-state index in [0.717, 1.165) is 57.4 Å². The van der Waals surface area contributed by atoms with E-state index in [2.05, 4.69) is 10.6 Å².